The first-order valence-electron chi connectivity index (χ1n) is 13.6. The number of anilines is 1. The van der Waals surface area contributed by atoms with E-state index >= 15 is 0 Å². The van der Waals surface area contributed by atoms with Crippen molar-refractivity contribution in [1.29, 1.82) is 0 Å². The molecule has 4 rings (SSSR count). The van der Waals surface area contributed by atoms with Crippen LogP contribution in [0.3, 0.4) is 0 Å². The Balaban J connectivity index is 1.47. The first-order valence-corrected chi connectivity index (χ1v) is 15.8. The zero-order chi connectivity index (χ0) is 32.6. The molecule has 1 saturated heterocycles. The van der Waals surface area contributed by atoms with Crippen molar-refractivity contribution in [3.05, 3.63) is 82.8 Å². The second-order valence-corrected chi connectivity index (χ2v) is 12.5. The standard InChI is InChI=1S/C29H28BrF3N4O7S/c30-21-7-9-22(10-8-21)43-25-4-2-1-3-24(25)36-45(41,42)23-11-5-20(6-12-23)27(39)37(44-28(40)29(31,32)33)18-26(38)35-17-19-13-15-34-16-14-19/h1-12,19,34,36H,13-18H2,(H,35,38). The van der Waals surface area contributed by atoms with Crippen molar-refractivity contribution in [3.8, 4) is 11.5 Å². The van der Waals surface area contributed by atoms with Crippen molar-refractivity contribution in [2.75, 3.05) is 30.9 Å². The van der Waals surface area contributed by atoms with Crippen LogP contribution >= 0.6 is 15.9 Å². The number of nitrogens with zero attached hydrogens (tertiary/aromatic N) is 1. The third kappa shape index (κ3) is 9.67. The van der Waals surface area contributed by atoms with Gasteiger partial charge < -0.3 is 20.2 Å². The van der Waals surface area contributed by atoms with Gasteiger partial charge >= 0.3 is 12.1 Å². The van der Waals surface area contributed by atoms with Crippen molar-refractivity contribution < 1.29 is 45.5 Å². The summed E-state index contributed by atoms with van der Waals surface area (Å²) >= 11 is 3.32. The van der Waals surface area contributed by atoms with Gasteiger partial charge in [0.2, 0.25) is 5.91 Å². The summed E-state index contributed by atoms with van der Waals surface area (Å²) in [5, 5.41) is 5.70. The number of hydroxylamine groups is 2. The lowest BCUT2D eigenvalue weighted by atomic mass is 9.98. The van der Waals surface area contributed by atoms with Crippen LogP contribution in [0.1, 0.15) is 23.2 Å². The minimum Gasteiger partial charge on any atom is -0.455 e. The zero-order valence-electron chi connectivity index (χ0n) is 23.5. The van der Waals surface area contributed by atoms with Gasteiger partial charge in [-0.3, -0.25) is 14.3 Å². The van der Waals surface area contributed by atoms with E-state index in [-0.39, 0.29) is 39.4 Å². The molecule has 0 saturated carbocycles. The lowest BCUT2D eigenvalue weighted by molar-refractivity contribution is -0.228. The Morgan fingerprint density at radius 2 is 1.60 bits per heavy atom. The normalized spacial score (nSPS) is 13.9. The minimum absolute atomic E-state index is 0.00888. The Bertz CT molecular complexity index is 1620. The minimum atomic E-state index is -5.44. The fourth-order valence-corrected chi connectivity index (χ4v) is 5.56. The maximum Gasteiger partial charge on any atom is 0.493 e. The van der Waals surface area contributed by atoms with Crippen LogP contribution in [0.2, 0.25) is 0 Å². The van der Waals surface area contributed by atoms with Gasteiger partial charge in [-0.1, -0.05) is 28.1 Å². The molecule has 3 aromatic rings. The van der Waals surface area contributed by atoms with Crippen LogP contribution in [0.15, 0.2) is 82.2 Å². The van der Waals surface area contributed by atoms with E-state index in [1.165, 1.54) is 6.07 Å². The molecule has 0 unspecified atom stereocenters. The highest BCUT2D eigenvalue weighted by Crippen LogP contribution is 2.31. The quantitative estimate of drug-likeness (QED) is 0.259. The summed E-state index contributed by atoms with van der Waals surface area (Å²) in [6.07, 6.45) is -3.88. The predicted molar refractivity (Wildman–Crippen MR) is 160 cm³/mol. The number of carbonyl (C=O) groups is 3. The van der Waals surface area contributed by atoms with Crippen LogP contribution < -0.4 is 20.1 Å². The van der Waals surface area contributed by atoms with Gasteiger partial charge in [0.05, 0.1) is 10.6 Å². The summed E-state index contributed by atoms with van der Waals surface area (Å²) < 4.78 is 74.1. The molecule has 240 valence electrons. The van der Waals surface area contributed by atoms with Gasteiger partial charge in [0.25, 0.3) is 15.9 Å². The molecule has 1 aliphatic heterocycles. The monoisotopic (exact) mass is 712 g/mol. The lowest BCUT2D eigenvalue weighted by Gasteiger charge is -2.24. The molecule has 0 atom stereocenters. The van der Waals surface area contributed by atoms with Crippen LogP contribution in [0, 0.1) is 5.92 Å². The molecule has 1 heterocycles. The fraction of sp³-hybridized carbons (Fsp3) is 0.276. The topological polar surface area (TPSA) is 143 Å². The van der Waals surface area contributed by atoms with Crippen molar-refractivity contribution in [1.82, 2.24) is 15.7 Å². The van der Waals surface area contributed by atoms with Gasteiger partial charge in [-0.2, -0.15) is 18.2 Å². The summed E-state index contributed by atoms with van der Waals surface area (Å²) in [5.41, 5.74) is -0.227. The summed E-state index contributed by atoms with van der Waals surface area (Å²) in [6, 6.07) is 17.2. The first-order chi connectivity index (χ1) is 21.3. The molecule has 0 spiro atoms. The van der Waals surface area contributed by atoms with E-state index in [1.807, 2.05) is 0 Å². The maximum atomic E-state index is 13.2. The molecular weight excluding hydrogens is 685 g/mol. The number of para-hydroxylation sites is 2. The highest BCUT2D eigenvalue weighted by Gasteiger charge is 2.44. The predicted octanol–water partition coefficient (Wildman–Crippen LogP) is 4.62. The molecule has 11 nitrogen and oxygen atoms in total. The van der Waals surface area contributed by atoms with Crippen LogP contribution in [0.4, 0.5) is 18.9 Å². The smallest absolute Gasteiger partial charge is 0.455 e. The van der Waals surface area contributed by atoms with E-state index in [0.717, 1.165) is 54.7 Å². The van der Waals surface area contributed by atoms with Crippen LogP contribution in [-0.2, 0) is 24.4 Å². The lowest BCUT2D eigenvalue weighted by Crippen LogP contribution is -2.45. The number of halogens is 4. The summed E-state index contributed by atoms with van der Waals surface area (Å²) in [7, 11) is -4.24. The largest absolute Gasteiger partial charge is 0.493 e. The van der Waals surface area contributed by atoms with Gasteiger partial charge in [0.15, 0.2) is 5.75 Å². The number of hydrogen-bond acceptors (Lipinski definition) is 8. The summed E-state index contributed by atoms with van der Waals surface area (Å²) in [5.74, 6) is -4.02. The number of nitrogens with one attached hydrogen (secondary N) is 3. The van der Waals surface area contributed by atoms with E-state index in [0.29, 0.717) is 5.75 Å². The molecule has 0 radical (unpaired) electrons. The van der Waals surface area contributed by atoms with Gasteiger partial charge in [-0.05, 0) is 92.5 Å². The van der Waals surface area contributed by atoms with E-state index < -0.39 is 40.5 Å². The van der Waals surface area contributed by atoms with Crippen LogP contribution in [0.5, 0.6) is 11.5 Å². The Hall–Kier alpha value is -4.15. The van der Waals surface area contributed by atoms with Crippen molar-refractivity contribution >= 4 is 49.4 Å². The molecule has 3 aromatic carbocycles. The van der Waals surface area contributed by atoms with Gasteiger partial charge in [-0.15, -0.1) is 0 Å². The third-order valence-corrected chi connectivity index (χ3v) is 8.48. The average Bonchev–Trinajstić information content (AvgIpc) is 3.01. The van der Waals surface area contributed by atoms with E-state index in [1.54, 1.807) is 42.5 Å². The fourth-order valence-electron chi connectivity index (χ4n) is 4.22. The number of hydrogen-bond donors (Lipinski definition) is 3. The number of rotatable bonds is 10. The number of ether oxygens (including phenoxy) is 1. The highest BCUT2D eigenvalue weighted by molar-refractivity contribution is 9.10. The number of amides is 2. The Kier molecular flexibility index (Phi) is 11.1. The number of alkyl halides is 3. The molecule has 1 fully saturated rings. The van der Waals surface area contributed by atoms with Crippen molar-refractivity contribution in [2.45, 2.75) is 23.9 Å². The number of sulfonamides is 1. The van der Waals surface area contributed by atoms with Crippen LogP contribution in [-0.4, -0.2) is 63.6 Å². The SMILES string of the molecule is O=C(CN(OC(=O)C(F)(F)F)C(=O)c1ccc(S(=O)(=O)Nc2ccccc2Oc2ccc(Br)cc2)cc1)NCC1CCNCC1. The molecule has 45 heavy (non-hydrogen) atoms. The summed E-state index contributed by atoms with van der Waals surface area (Å²) in [6.45, 7) is 0.721. The second kappa shape index (κ2) is 14.8. The van der Waals surface area contributed by atoms with E-state index in [9.17, 15) is 36.0 Å². The molecule has 2 amide bonds. The molecule has 3 N–H and O–H groups in total. The summed E-state index contributed by atoms with van der Waals surface area (Å²) in [4.78, 5) is 41.0. The molecule has 0 aromatic heterocycles. The maximum absolute atomic E-state index is 13.2. The molecule has 1 aliphatic rings. The van der Waals surface area contributed by atoms with Gasteiger partial charge in [0, 0.05) is 16.6 Å². The van der Waals surface area contributed by atoms with Crippen molar-refractivity contribution in [3.63, 3.8) is 0 Å². The molecular formula is C29H28BrF3N4O7S. The average molecular weight is 714 g/mol. The first kappa shape index (κ1) is 33.7. The zero-order valence-corrected chi connectivity index (χ0v) is 25.9. The van der Waals surface area contributed by atoms with Crippen molar-refractivity contribution in [2.24, 2.45) is 5.92 Å². The Morgan fingerprint density at radius 1 is 0.956 bits per heavy atom. The van der Waals surface area contributed by atoms with Crippen LogP contribution in [0.25, 0.3) is 0 Å². The second-order valence-electron chi connectivity index (χ2n) is 9.90. The van der Waals surface area contributed by atoms with E-state index in [2.05, 4.69) is 36.1 Å². The third-order valence-electron chi connectivity index (χ3n) is 6.57. The Morgan fingerprint density at radius 3 is 2.24 bits per heavy atom. The molecule has 0 aliphatic carbocycles. The van der Waals surface area contributed by atoms with Gasteiger partial charge in [-0.25, -0.2) is 13.2 Å². The van der Waals surface area contributed by atoms with Gasteiger partial charge in [0.1, 0.15) is 12.3 Å². The highest BCUT2D eigenvalue weighted by atomic mass is 79.9. The number of benzene rings is 3. The molecule has 16 heteroatoms. The molecule has 0 bridgehead atoms. The Labute approximate surface area is 265 Å². The number of carbonyl (C=O) groups excluding carboxylic acids is 3. The number of piperidine rings is 1. The van der Waals surface area contributed by atoms with E-state index in [4.69, 9.17) is 4.74 Å².